The number of rotatable bonds is 5. The van der Waals surface area contributed by atoms with Crippen LogP contribution in [0.25, 0.3) is 10.9 Å². The molecule has 4 rings (SSSR count). The number of halogens is 3. The quantitative estimate of drug-likeness (QED) is 0.346. The SMILES string of the molecule is CC.O=C(O)C1CSC(c2ccc3cc(Oc4ccc(C(F)(F)F)cc4[N+](=O)[O-])ccc3n2)=N1. The molecule has 0 saturated carbocycles. The minimum absolute atomic E-state index is 0.174. The molecule has 1 aliphatic rings. The fourth-order valence-electron chi connectivity index (χ4n) is 2.98. The zero-order chi connectivity index (χ0) is 25.0. The molecule has 0 bridgehead atoms. The number of nitro groups is 1. The van der Waals surface area contributed by atoms with E-state index in [1.165, 1.54) is 23.9 Å². The molecule has 0 aliphatic carbocycles. The molecule has 0 fully saturated rings. The summed E-state index contributed by atoms with van der Waals surface area (Å²) in [6, 6.07) is 9.17. The van der Waals surface area contributed by atoms with Crippen LogP contribution in [-0.4, -0.2) is 37.8 Å². The van der Waals surface area contributed by atoms with Crippen LogP contribution < -0.4 is 4.74 Å². The Morgan fingerprint density at radius 3 is 2.53 bits per heavy atom. The zero-order valence-electron chi connectivity index (χ0n) is 17.9. The Morgan fingerprint density at radius 1 is 1.18 bits per heavy atom. The van der Waals surface area contributed by atoms with Crippen molar-refractivity contribution in [2.45, 2.75) is 26.1 Å². The Bertz CT molecular complexity index is 1280. The van der Waals surface area contributed by atoms with Gasteiger partial charge in [0.2, 0.25) is 5.75 Å². The molecule has 2 heterocycles. The van der Waals surface area contributed by atoms with Crippen LogP contribution in [0.5, 0.6) is 11.5 Å². The fourth-order valence-corrected chi connectivity index (χ4v) is 3.97. The maximum Gasteiger partial charge on any atom is 0.416 e. The van der Waals surface area contributed by atoms with Gasteiger partial charge in [0.05, 0.1) is 21.7 Å². The van der Waals surface area contributed by atoms with Crippen molar-refractivity contribution in [1.29, 1.82) is 0 Å². The Hall–Kier alpha value is -3.67. The number of hydrogen-bond acceptors (Lipinski definition) is 7. The summed E-state index contributed by atoms with van der Waals surface area (Å²) in [5, 5.41) is 21.4. The molecule has 1 N–H and O–H groups in total. The van der Waals surface area contributed by atoms with Crippen LogP contribution in [0.15, 0.2) is 53.5 Å². The molecule has 0 radical (unpaired) electrons. The second-order valence-electron chi connectivity index (χ2n) is 6.69. The van der Waals surface area contributed by atoms with Gasteiger partial charge in [0, 0.05) is 17.2 Å². The summed E-state index contributed by atoms with van der Waals surface area (Å²) in [5.41, 5.74) is -0.903. The van der Waals surface area contributed by atoms with E-state index >= 15 is 0 Å². The van der Waals surface area contributed by atoms with Gasteiger partial charge in [-0.25, -0.2) is 9.78 Å². The van der Waals surface area contributed by atoms with Gasteiger partial charge >= 0.3 is 17.8 Å². The van der Waals surface area contributed by atoms with E-state index in [0.717, 1.165) is 6.07 Å². The molecule has 1 unspecified atom stereocenters. The normalized spacial score (nSPS) is 15.3. The molecule has 0 saturated heterocycles. The van der Waals surface area contributed by atoms with E-state index < -0.39 is 34.4 Å². The molecule has 12 heteroatoms. The van der Waals surface area contributed by atoms with Crippen LogP contribution in [0, 0.1) is 10.1 Å². The van der Waals surface area contributed by atoms with E-state index in [9.17, 15) is 28.1 Å². The van der Waals surface area contributed by atoms with Crippen molar-refractivity contribution >= 4 is 39.4 Å². The topological polar surface area (TPSA) is 115 Å². The predicted molar refractivity (Wildman–Crippen MR) is 122 cm³/mol. The first kappa shape index (κ1) is 25.0. The number of nitrogens with zero attached hydrogens (tertiary/aromatic N) is 3. The van der Waals surface area contributed by atoms with E-state index in [2.05, 4.69) is 9.98 Å². The summed E-state index contributed by atoms with van der Waals surface area (Å²) in [5.74, 6) is -0.840. The number of ether oxygens (including phenoxy) is 1. The number of pyridine rings is 1. The average molecular weight is 493 g/mol. The number of aromatic nitrogens is 1. The molecule has 8 nitrogen and oxygen atoms in total. The van der Waals surface area contributed by atoms with E-state index in [4.69, 9.17) is 9.84 Å². The van der Waals surface area contributed by atoms with Crippen molar-refractivity contribution in [1.82, 2.24) is 4.98 Å². The highest BCUT2D eigenvalue weighted by Gasteiger charge is 2.33. The fraction of sp³-hybridized carbons (Fsp3) is 0.227. The van der Waals surface area contributed by atoms with Crippen LogP contribution in [0.3, 0.4) is 0 Å². The minimum atomic E-state index is -4.72. The number of carboxylic acids is 1. The predicted octanol–water partition coefficient (Wildman–Crippen LogP) is 5.93. The first-order valence-corrected chi connectivity index (χ1v) is 11.0. The molecular weight excluding hydrogens is 475 g/mol. The molecule has 178 valence electrons. The van der Waals surface area contributed by atoms with E-state index in [-0.39, 0.29) is 11.5 Å². The lowest BCUT2D eigenvalue weighted by atomic mass is 10.1. The monoisotopic (exact) mass is 493 g/mol. The largest absolute Gasteiger partial charge is 0.480 e. The number of aliphatic imine (C=N–C) groups is 1. The summed E-state index contributed by atoms with van der Waals surface area (Å²) < 4.78 is 44.1. The van der Waals surface area contributed by atoms with Gasteiger partial charge in [0.1, 0.15) is 10.8 Å². The third-order valence-electron chi connectivity index (χ3n) is 4.53. The highest BCUT2D eigenvalue weighted by Crippen LogP contribution is 2.38. The van der Waals surface area contributed by atoms with Gasteiger partial charge in [-0.2, -0.15) is 13.2 Å². The van der Waals surface area contributed by atoms with Gasteiger partial charge in [-0.15, -0.1) is 11.8 Å². The molecule has 2 aromatic carbocycles. The van der Waals surface area contributed by atoms with Crippen molar-refractivity contribution in [2.24, 2.45) is 4.99 Å². The molecule has 0 spiro atoms. The number of alkyl halides is 3. The Morgan fingerprint density at radius 2 is 1.91 bits per heavy atom. The third kappa shape index (κ3) is 5.45. The molecule has 1 atom stereocenters. The lowest BCUT2D eigenvalue weighted by Crippen LogP contribution is -2.17. The van der Waals surface area contributed by atoms with Crippen LogP contribution in [-0.2, 0) is 11.0 Å². The summed E-state index contributed by atoms with van der Waals surface area (Å²) >= 11 is 1.29. The molecule has 1 aromatic heterocycles. The molecule has 0 amide bonds. The van der Waals surface area contributed by atoms with Gasteiger partial charge in [-0.1, -0.05) is 19.9 Å². The van der Waals surface area contributed by atoms with Crippen LogP contribution >= 0.6 is 11.8 Å². The lowest BCUT2D eigenvalue weighted by Gasteiger charge is -2.10. The van der Waals surface area contributed by atoms with Crippen molar-refractivity contribution in [3.8, 4) is 11.5 Å². The number of aliphatic carboxylic acids is 1. The number of carboxylic acid groups (broad SMARTS) is 1. The van der Waals surface area contributed by atoms with E-state index in [1.807, 2.05) is 13.8 Å². The van der Waals surface area contributed by atoms with Gasteiger partial charge in [-0.3, -0.25) is 15.1 Å². The standard InChI is InChI=1S/C20H12F3N3O5S.C2H6/c21-20(22,23)11-2-6-17(16(8-11)26(29)30)31-12-3-5-13-10(7-12)1-4-14(24-13)18-25-15(9-32-18)19(27)28;1-2/h1-8,15H,9H2,(H,27,28);1-2H3. The average Bonchev–Trinajstić information content (AvgIpc) is 3.30. The molecule has 34 heavy (non-hydrogen) atoms. The summed E-state index contributed by atoms with van der Waals surface area (Å²) in [7, 11) is 0. The number of carbonyl (C=O) groups is 1. The van der Waals surface area contributed by atoms with E-state index in [0.29, 0.717) is 39.5 Å². The van der Waals surface area contributed by atoms with Crippen LogP contribution in [0.2, 0.25) is 0 Å². The first-order chi connectivity index (χ1) is 16.1. The highest BCUT2D eigenvalue weighted by atomic mass is 32.2. The van der Waals surface area contributed by atoms with Crippen molar-refractivity contribution < 1.29 is 32.7 Å². The number of benzene rings is 2. The van der Waals surface area contributed by atoms with Crippen molar-refractivity contribution in [3.63, 3.8) is 0 Å². The zero-order valence-corrected chi connectivity index (χ0v) is 18.7. The lowest BCUT2D eigenvalue weighted by molar-refractivity contribution is -0.385. The van der Waals surface area contributed by atoms with Gasteiger partial charge < -0.3 is 9.84 Å². The van der Waals surface area contributed by atoms with E-state index in [1.54, 1.807) is 18.2 Å². The second kappa shape index (κ2) is 10.1. The van der Waals surface area contributed by atoms with Gasteiger partial charge in [-0.05, 0) is 36.4 Å². The number of fused-ring (bicyclic) bond motifs is 1. The second-order valence-corrected chi connectivity index (χ2v) is 7.70. The van der Waals surface area contributed by atoms with Gasteiger partial charge in [0.25, 0.3) is 0 Å². The molecule has 3 aromatic rings. The smallest absolute Gasteiger partial charge is 0.416 e. The summed E-state index contributed by atoms with van der Waals surface area (Å²) in [6.07, 6.45) is -4.72. The maximum atomic E-state index is 12.9. The molecule has 1 aliphatic heterocycles. The van der Waals surface area contributed by atoms with Crippen LogP contribution in [0.4, 0.5) is 18.9 Å². The van der Waals surface area contributed by atoms with Gasteiger partial charge in [0.15, 0.2) is 6.04 Å². The maximum absolute atomic E-state index is 12.9. The highest BCUT2D eigenvalue weighted by molar-refractivity contribution is 8.14. The summed E-state index contributed by atoms with van der Waals surface area (Å²) in [6.45, 7) is 4.00. The summed E-state index contributed by atoms with van der Waals surface area (Å²) in [4.78, 5) is 29.9. The van der Waals surface area contributed by atoms with Crippen molar-refractivity contribution in [2.75, 3.05) is 5.75 Å². The number of nitro benzene ring substituents is 1. The number of thioether (sulfide) groups is 1. The minimum Gasteiger partial charge on any atom is -0.480 e. The Labute approximate surface area is 195 Å². The Kier molecular flexibility index (Phi) is 7.40. The number of hydrogen-bond donors (Lipinski definition) is 1. The molecular formula is C22H18F3N3O5S. The van der Waals surface area contributed by atoms with Crippen LogP contribution in [0.1, 0.15) is 25.1 Å². The first-order valence-electron chi connectivity index (χ1n) is 10.00. The van der Waals surface area contributed by atoms with Crippen molar-refractivity contribution in [3.05, 3.63) is 69.9 Å². The Balaban J connectivity index is 0.00000158. The third-order valence-corrected chi connectivity index (χ3v) is 5.60.